The number of aromatic nitrogens is 3. The molecule has 0 fully saturated rings. The van der Waals surface area contributed by atoms with E-state index in [1.165, 1.54) is 19.1 Å². The van der Waals surface area contributed by atoms with E-state index < -0.39 is 12.6 Å². The number of alkyl halides is 3. The van der Waals surface area contributed by atoms with E-state index in [1.807, 2.05) is 4.68 Å². The van der Waals surface area contributed by atoms with Gasteiger partial charge in [-0.1, -0.05) is 29.8 Å². The molecule has 0 spiro atoms. The first-order chi connectivity index (χ1) is 14.7. The lowest BCUT2D eigenvalue weighted by Crippen LogP contribution is -2.34. The summed E-state index contributed by atoms with van der Waals surface area (Å²) in [5, 5.41) is 5.30. The fourth-order valence-electron chi connectivity index (χ4n) is 3.87. The van der Waals surface area contributed by atoms with Crippen LogP contribution in [-0.2, 0) is 30.7 Å². The Kier molecular flexibility index (Phi) is 5.75. The van der Waals surface area contributed by atoms with Crippen molar-refractivity contribution in [2.75, 3.05) is 6.54 Å². The molecule has 1 amide bonds. The predicted molar refractivity (Wildman–Crippen MR) is 111 cm³/mol. The maximum atomic E-state index is 12.9. The summed E-state index contributed by atoms with van der Waals surface area (Å²) >= 11 is 6.29. The minimum atomic E-state index is -4.29. The largest absolute Gasteiger partial charge is 0.393 e. The first-order valence-electron chi connectivity index (χ1n) is 9.80. The van der Waals surface area contributed by atoms with E-state index in [-0.39, 0.29) is 11.5 Å². The van der Waals surface area contributed by atoms with Crippen LogP contribution < -0.4 is 0 Å². The fourth-order valence-corrected chi connectivity index (χ4v) is 4.04. The summed E-state index contributed by atoms with van der Waals surface area (Å²) in [5.41, 5.74) is 3.95. The van der Waals surface area contributed by atoms with Crippen molar-refractivity contribution in [1.82, 2.24) is 19.7 Å². The number of carbonyl (C=O) groups is 1. The van der Waals surface area contributed by atoms with Crippen molar-refractivity contribution >= 4 is 17.5 Å². The highest BCUT2D eigenvalue weighted by Gasteiger charge is 2.29. The first kappa shape index (κ1) is 21.4. The molecule has 0 bridgehead atoms. The first-order valence-corrected chi connectivity index (χ1v) is 10.2. The van der Waals surface area contributed by atoms with Crippen LogP contribution in [0.3, 0.4) is 0 Å². The number of amides is 1. The molecular formula is C22H20ClF3N4O. The summed E-state index contributed by atoms with van der Waals surface area (Å²) in [4.78, 5) is 17.8. The Morgan fingerprint density at radius 2 is 2.06 bits per heavy atom. The quantitative estimate of drug-likeness (QED) is 0.583. The van der Waals surface area contributed by atoms with Crippen LogP contribution in [0.25, 0.3) is 11.3 Å². The Morgan fingerprint density at radius 1 is 1.26 bits per heavy atom. The van der Waals surface area contributed by atoms with Gasteiger partial charge in [0.2, 0.25) is 5.91 Å². The van der Waals surface area contributed by atoms with E-state index in [2.05, 4.69) is 4.98 Å². The molecule has 31 heavy (non-hydrogen) atoms. The van der Waals surface area contributed by atoms with E-state index in [1.54, 1.807) is 35.5 Å². The van der Waals surface area contributed by atoms with Crippen LogP contribution in [0.1, 0.15) is 29.3 Å². The molecule has 5 nitrogen and oxygen atoms in total. The van der Waals surface area contributed by atoms with Crippen LogP contribution in [0.2, 0.25) is 5.02 Å². The van der Waals surface area contributed by atoms with Gasteiger partial charge in [0.25, 0.3) is 0 Å². The highest BCUT2D eigenvalue weighted by molar-refractivity contribution is 6.31. The van der Waals surface area contributed by atoms with Gasteiger partial charge < -0.3 is 4.90 Å². The minimum absolute atomic E-state index is 0.0505. The summed E-state index contributed by atoms with van der Waals surface area (Å²) in [6.07, 6.45) is -1.42. The van der Waals surface area contributed by atoms with Gasteiger partial charge in [0.15, 0.2) is 0 Å². The fraction of sp³-hybridized carbons (Fsp3) is 0.318. The number of fused-ring (bicyclic) bond motifs is 1. The van der Waals surface area contributed by atoms with Crippen molar-refractivity contribution < 1.29 is 18.0 Å². The molecule has 3 aromatic rings. The lowest BCUT2D eigenvalue weighted by atomic mass is 9.99. The van der Waals surface area contributed by atoms with Gasteiger partial charge in [0.05, 0.1) is 18.7 Å². The maximum Gasteiger partial charge on any atom is 0.393 e. The lowest BCUT2D eigenvalue weighted by molar-refractivity contribution is -0.130. The van der Waals surface area contributed by atoms with Crippen molar-refractivity contribution in [3.63, 3.8) is 0 Å². The van der Waals surface area contributed by atoms with Crippen LogP contribution in [0.4, 0.5) is 13.2 Å². The Labute approximate surface area is 182 Å². The highest BCUT2D eigenvalue weighted by Crippen LogP contribution is 2.32. The molecule has 1 aromatic carbocycles. The SMILES string of the molecule is CC(=O)N1CCc2c(c(-c3cccc(CC(F)(F)F)c3)nn2Cc2cnccc2Cl)C1. The van der Waals surface area contributed by atoms with Crippen molar-refractivity contribution in [3.05, 3.63) is 70.1 Å². The molecular weight excluding hydrogens is 429 g/mol. The van der Waals surface area contributed by atoms with E-state index in [9.17, 15) is 18.0 Å². The Balaban J connectivity index is 1.77. The predicted octanol–water partition coefficient (Wildman–Crippen LogP) is 4.66. The van der Waals surface area contributed by atoms with Crippen molar-refractivity contribution in [2.45, 2.75) is 39.0 Å². The Bertz CT molecular complexity index is 1130. The monoisotopic (exact) mass is 448 g/mol. The molecule has 9 heteroatoms. The molecule has 0 aliphatic carbocycles. The molecule has 0 saturated carbocycles. The van der Waals surface area contributed by atoms with Crippen LogP contribution >= 0.6 is 11.6 Å². The summed E-state index contributed by atoms with van der Waals surface area (Å²) in [7, 11) is 0. The number of nitrogens with zero attached hydrogens (tertiary/aromatic N) is 4. The van der Waals surface area contributed by atoms with Gasteiger partial charge >= 0.3 is 6.18 Å². The number of rotatable bonds is 4. The molecule has 0 unspecified atom stereocenters. The van der Waals surface area contributed by atoms with E-state index in [0.717, 1.165) is 16.8 Å². The number of hydrogen-bond donors (Lipinski definition) is 0. The van der Waals surface area contributed by atoms with Crippen LogP contribution in [0.5, 0.6) is 0 Å². The molecule has 3 heterocycles. The second-order valence-corrected chi connectivity index (χ2v) is 7.99. The smallest absolute Gasteiger partial charge is 0.338 e. The van der Waals surface area contributed by atoms with Crippen LogP contribution in [0, 0.1) is 0 Å². The zero-order valence-electron chi connectivity index (χ0n) is 16.8. The molecule has 0 atom stereocenters. The van der Waals surface area contributed by atoms with Crippen molar-refractivity contribution in [1.29, 1.82) is 0 Å². The summed E-state index contributed by atoms with van der Waals surface area (Å²) in [6, 6.07) is 8.02. The van der Waals surface area contributed by atoms with Gasteiger partial charge in [0, 0.05) is 66.2 Å². The molecule has 2 aromatic heterocycles. The third-order valence-corrected chi connectivity index (χ3v) is 5.72. The summed E-state index contributed by atoms with van der Waals surface area (Å²) < 4.78 is 40.5. The molecule has 162 valence electrons. The number of hydrogen-bond acceptors (Lipinski definition) is 3. The maximum absolute atomic E-state index is 12.9. The molecule has 0 radical (unpaired) electrons. The normalized spacial score (nSPS) is 13.9. The van der Waals surface area contributed by atoms with Crippen molar-refractivity contribution in [2.24, 2.45) is 0 Å². The third kappa shape index (κ3) is 4.74. The van der Waals surface area contributed by atoms with Gasteiger partial charge in [-0.25, -0.2) is 0 Å². The topological polar surface area (TPSA) is 51.0 Å². The van der Waals surface area contributed by atoms with E-state index in [4.69, 9.17) is 16.7 Å². The zero-order chi connectivity index (χ0) is 22.2. The Hall–Kier alpha value is -2.87. The van der Waals surface area contributed by atoms with Gasteiger partial charge in [0.1, 0.15) is 0 Å². The van der Waals surface area contributed by atoms with Gasteiger partial charge in [-0.3, -0.25) is 14.5 Å². The van der Waals surface area contributed by atoms with Gasteiger partial charge in [-0.2, -0.15) is 18.3 Å². The standard InChI is InChI=1S/C22H20ClF3N4O/c1-14(31)29-8-6-20-18(13-29)21(16-4-2-3-15(9-16)10-22(24,25)26)28-30(20)12-17-11-27-7-5-19(17)23/h2-5,7,9,11H,6,8,10,12-13H2,1H3. The Morgan fingerprint density at radius 3 is 2.77 bits per heavy atom. The molecule has 1 aliphatic heterocycles. The summed E-state index contributed by atoms with van der Waals surface area (Å²) in [6.45, 7) is 2.82. The third-order valence-electron chi connectivity index (χ3n) is 5.35. The molecule has 4 rings (SSSR count). The average molecular weight is 449 g/mol. The molecule has 0 N–H and O–H groups in total. The van der Waals surface area contributed by atoms with Crippen LogP contribution in [-0.4, -0.2) is 38.3 Å². The zero-order valence-corrected chi connectivity index (χ0v) is 17.5. The minimum Gasteiger partial charge on any atom is -0.338 e. The van der Waals surface area contributed by atoms with Gasteiger partial charge in [-0.05, 0) is 17.7 Å². The summed E-state index contributed by atoms with van der Waals surface area (Å²) in [5.74, 6) is -0.0505. The van der Waals surface area contributed by atoms with E-state index >= 15 is 0 Å². The van der Waals surface area contributed by atoms with Crippen molar-refractivity contribution in [3.8, 4) is 11.3 Å². The second kappa shape index (κ2) is 8.34. The average Bonchev–Trinajstić information content (AvgIpc) is 3.06. The van der Waals surface area contributed by atoms with E-state index in [0.29, 0.717) is 42.3 Å². The van der Waals surface area contributed by atoms with Gasteiger partial charge in [-0.15, -0.1) is 0 Å². The number of pyridine rings is 1. The van der Waals surface area contributed by atoms with Crippen LogP contribution in [0.15, 0.2) is 42.7 Å². The number of carbonyl (C=O) groups excluding carboxylic acids is 1. The molecule has 1 aliphatic rings. The molecule has 0 saturated heterocycles. The number of halogens is 4. The second-order valence-electron chi connectivity index (χ2n) is 7.58. The lowest BCUT2D eigenvalue weighted by Gasteiger charge is -2.27. The number of benzene rings is 1. The highest BCUT2D eigenvalue weighted by atomic mass is 35.5.